The summed E-state index contributed by atoms with van der Waals surface area (Å²) < 4.78 is 5.19. The van der Waals surface area contributed by atoms with Crippen LogP contribution >= 0.6 is 11.5 Å². The lowest BCUT2D eigenvalue weighted by molar-refractivity contribution is -0.117. The van der Waals surface area contributed by atoms with Crippen LogP contribution in [0.5, 0.6) is 0 Å². The highest BCUT2D eigenvalue weighted by Gasteiger charge is 2.19. The second-order valence-electron chi connectivity index (χ2n) is 5.27. The van der Waals surface area contributed by atoms with E-state index in [9.17, 15) is 4.79 Å². The number of carbonyl (C=O) groups excluding carboxylic acids is 1. The van der Waals surface area contributed by atoms with Gasteiger partial charge in [-0.3, -0.25) is 4.79 Å². The maximum Gasteiger partial charge on any atom is 0.233 e. The molecule has 0 saturated carbocycles. The van der Waals surface area contributed by atoms with Gasteiger partial charge in [-0.15, -0.1) is 0 Å². The van der Waals surface area contributed by atoms with Crippen LogP contribution in [0.3, 0.4) is 0 Å². The Kier molecular flexibility index (Phi) is 4.18. The summed E-state index contributed by atoms with van der Waals surface area (Å²) in [4.78, 5) is 12.5. The minimum Gasteiger partial charge on any atom is -0.329 e. The van der Waals surface area contributed by atoms with Crippen LogP contribution in [0.15, 0.2) is 48.7 Å². The molecule has 1 heterocycles. The van der Waals surface area contributed by atoms with Crippen LogP contribution in [0.4, 0.5) is 5.69 Å². The van der Waals surface area contributed by atoms with Crippen molar-refractivity contribution in [2.24, 2.45) is 5.73 Å². The van der Waals surface area contributed by atoms with E-state index in [1.807, 2.05) is 55.6 Å². The zero-order chi connectivity index (χ0) is 15.5. The lowest BCUT2D eigenvalue weighted by Gasteiger charge is -2.15. The van der Waals surface area contributed by atoms with E-state index in [4.69, 9.17) is 5.73 Å². The first-order valence-corrected chi connectivity index (χ1v) is 7.86. The summed E-state index contributed by atoms with van der Waals surface area (Å²) in [6.45, 7) is 2.29. The van der Waals surface area contributed by atoms with Crippen LogP contribution in [0.25, 0.3) is 10.1 Å². The fraction of sp³-hybridized carbons (Fsp3) is 0.176. The quantitative estimate of drug-likeness (QED) is 0.777. The van der Waals surface area contributed by atoms with E-state index >= 15 is 0 Å². The Morgan fingerprint density at radius 1 is 1.27 bits per heavy atom. The van der Waals surface area contributed by atoms with Gasteiger partial charge in [-0.1, -0.05) is 29.8 Å². The van der Waals surface area contributed by atoms with Crippen LogP contribution in [0.1, 0.15) is 17.0 Å². The molecular weight excluding hydrogens is 294 g/mol. The van der Waals surface area contributed by atoms with Gasteiger partial charge in [-0.05, 0) is 42.2 Å². The van der Waals surface area contributed by atoms with Gasteiger partial charge in [0.05, 0.1) is 10.6 Å². The van der Waals surface area contributed by atoms with Crippen molar-refractivity contribution in [3.05, 3.63) is 59.8 Å². The summed E-state index contributed by atoms with van der Waals surface area (Å²) in [6.07, 6.45) is 1.82. The fourth-order valence-corrected chi connectivity index (χ4v) is 3.05. The Balaban J connectivity index is 1.80. The number of aryl methyl sites for hydroxylation is 1. The predicted octanol–water partition coefficient (Wildman–Crippen LogP) is 3.29. The molecule has 3 aromatic rings. The average Bonchev–Trinajstić information content (AvgIpc) is 2.97. The van der Waals surface area contributed by atoms with Gasteiger partial charge in [0.2, 0.25) is 5.91 Å². The van der Waals surface area contributed by atoms with Gasteiger partial charge >= 0.3 is 0 Å². The number of aromatic nitrogens is 1. The normalized spacial score (nSPS) is 12.3. The fourth-order valence-electron chi connectivity index (χ4n) is 2.36. The third-order valence-corrected chi connectivity index (χ3v) is 4.42. The van der Waals surface area contributed by atoms with E-state index < -0.39 is 0 Å². The van der Waals surface area contributed by atoms with Gasteiger partial charge in [-0.25, -0.2) is 0 Å². The maximum atomic E-state index is 12.5. The number of amides is 1. The predicted molar refractivity (Wildman–Crippen MR) is 91.2 cm³/mol. The monoisotopic (exact) mass is 311 g/mol. The summed E-state index contributed by atoms with van der Waals surface area (Å²) in [5.41, 5.74) is 8.67. The van der Waals surface area contributed by atoms with E-state index in [1.54, 1.807) is 0 Å². The van der Waals surface area contributed by atoms with Crippen molar-refractivity contribution in [1.82, 2.24) is 4.37 Å². The van der Waals surface area contributed by atoms with Gasteiger partial charge in [0.25, 0.3) is 0 Å². The average molecular weight is 311 g/mol. The molecule has 0 aliphatic heterocycles. The number of nitrogens with two attached hydrogens (primary N) is 1. The molecule has 3 N–H and O–H groups in total. The van der Waals surface area contributed by atoms with E-state index in [1.165, 1.54) is 11.5 Å². The molecule has 0 spiro atoms. The Morgan fingerprint density at radius 3 is 2.77 bits per heavy atom. The molecular formula is C17H17N3OS. The number of benzene rings is 2. The van der Waals surface area contributed by atoms with Crippen LogP contribution in [-0.2, 0) is 4.79 Å². The Hall–Kier alpha value is -2.24. The molecule has 5 heteroatoms. The number of rotatable bonds is 4. The largest absolute Gasteiger partial charge is 0.329 e. The van der Waals surface area contributed by atoms with Crippen molar-refractivity contribution in [3.8, 4) is 0 Å². The Morgan fingerprint density at radius 2 is 2.05 bits per heavy atom. The van der Waals surface area contributed by atoms with E-state index in [-0.39, 0.29) is 18.4 Å². The molecule has 112 valence electrons. The summed E-state index contributed by atoms with van der Waals surface area (Å²) in [7, 11) is 0. The van der Waals surface area contributed by atoms with Gasteiger partial charge in [0, 0.05) is 23.8 Å². The number of fused-ring (bicyclic) bond motifs is 1. The zero-order valence-corrected chi connectivity index (χ0v) is 13.1. The van der Waals surface area contributed by atoms with Crippen LogP contribution in [0, 0.1) is 6.92 Å². The Bertz CT molecular complexity index is 795. The molecule has 0 fully saturated rings. The molecule has 0 saturated heterocycles. The summed E-state index contributed by atoms with van der Waals surface area (Å²) >= 11 is 1.41. The molecule has 0 bridgehead atoms. The molecule has 1 atom stereocenters. The van der Waals surface area contributed by atoms with Gasteiger partial charge in [-0.2, -0.15) is 4.37 Å². The van der Waals surface area contributed by atoms with Gasteiger partial charge in [0.1, 0.15) is 0 Å². The standard InChI is InChI=1S/C17H17N3OS/c1-11-2-4-12(5-3-11)15(9-18)17(21)20-14-7-6-13-10-19-22-16(13)8-14/h2-8,10,15H,9,18H2,1H3,(H,20,21). The highest BCUT2D eigenvalue weighted by Crippen LogP contribution is 2.24. The Labute approximate surface area is 133 Å². The van der Waals surface area contributed by atoms with Gasteiger partial charge < -0.3 is 11.1 Å². The van der Waals surface area contributed by atoms with Crippen molar-refractivity contribution in [2.45, 2.75) is 12.8 Å². The molecule has 0 aliphatic carbocycles. The summed E-state index contributed by atoms with van der Waals surface area (Å²) in [5.74, 6) is -0.437. The molecule has 0 aliphatic rings. The number of hydrogen-bond acceptors (Lipinski definition) is 4. The van der Waals surface area contributed by atoms with Crippen molar-refractivity contribution in [1.29, 1.82) is 0 Å². The van der Waals surface area contributed by atoms with Crippen LogP contribution < -0.4 is 11.1 Å². The SMILES string of the molecule is Cc1ccc(C(CN)C(=O)Nc2ccc3cnsc3c2)cc1. The number of carbonyl (C=O) groups is 1. The van der Waals surface area contributed by atoms with E-state index in [0.717, 1.165) is 26.9 Å². The summed E-state index contributed by atoms with van der Waals surface area (Å²) in [5, 5.41) is 4.03. The minimum absolute atomic E-state index is 0.0878. The first-order chi connectivity index (χ1) is 10.7. The van der Waals surface area contributed by atoms with Crippen molar-refractivity contribution >= 4 is 33.2 Å². The molecule has 1 amide bonds. The zero-order valence-electron chi connectivity index (χ0n) is 12.2. The second-order valence-corrected chi connectivity index (χ2v) is 6.10. The molecule has 1 unspecified atom stereocenters. The maximum absolute atomic E-state index is 12.5. The number of nitrogens with one attached hydrogen (secondary N) is 1. The van der Waals surface area contributed by atoms with Crippen molar-refractivity contribution < 1.29 is 4.79 Å². The number of anilines is 1. The van der Waals surface area contributed by atoms with E-state index in [2.05, 4.69) is 9.69 Å². The van der Waals surface area contributed by atoms with Gasteiger partial charge in [0.15, 0.2) is 0 Å². The molecule has 22 heavy (non-hydrogen) atoms. The van der Waals surface area contributed by atoms with Crippen molar-refractivity contribution in [2.75, 3.05) is 11.9 Å². The first kappa shape index (κ1) is 14.7. The lowest BCUT2D eigenvalue weighted by atomic mass is 9.97. The smallest absolute Gasteiger partial charge is 0.233 e. The van der Waals surface area contributed by atoms with Crippen LogP contribution in [-0.4, -0.2) is 16.8 Å². The third kappa shape index (κ3) is 3.00. The van der Waals surface area contributed by atoms with E-state index in [0.29, 0.717) is 0 Å². The molecule has 1 aromatic heterocycles. The summed E-state index contributed by atoms with van der Waals surface area (Å²) in [6, 6.07) is 13.7. The molecule has 3 rings (SSSR count). The molecule has 0 radical (unpaired) electrons. The molecule has 2 aromatic carbocycles. The number of hydrogen-bond donors (Lipinski definition) is 2. The highest BCUT2D eigenvalue weighted by molar-refractivity contribution is 7.13. The third-order valence-electron chi connectivity index (χ3n) is 3.66. The first-order valence-electron chi connectivity index (χ1n) is 7.09. The second kappa shape index (κ2) is 6.25. The topological polar surface area (TPSA) is 68.0 Å². The minimum atomic E-state index is -0.349. The van der Waals surface area contributed by atoms with Crippen molar-refractivity contribution in [3.63, 3.8) is 0 Å². The van der Waals surface area contributed by atoms with Crippen LogP contribution in [0.2, 0.25) is 0 Å². The molecule has 4 nitrogen and oxygen atoms in total. The highest BCUT2D eigenvalue weighted by atomic mass is 32.1. The number of nitrogens with zero attached hydrogens (tertiary/aromatic N) is 1. The lowest BCUT2D eigenvalue weighted by Crippen LogP contribution is -2.27.